The summed E-state index contributed by atoms with van der Waals surface area (Å²) in [4.78, 5) is 12.6. The lowest BCUT2D eigenvalue weighted by Crippen LogP contribution is -2.06. The van der Waals surface area contributed by atoms with Crippen molar-refractivity contribution in [3.8, 4) is 0 Å². The number of nitrogens with zero attached hydrogens (tertiary/aromatic N) is 3. The van der Waals surface area contributed by atoms with Gasteiger partial charge in [0.2, 0.25) is 0 Å². The molecule has 0 saturated carbocycles. The number of thiophene rings is 1. The Bertz CT molecular complexity index is 942. The largest absolute Gasteiger partial charge is 0.417 e. The molecule has 3 aromatic heterocycles. The number of fused-ring (bicyclic) bond motifs is 1. The van der Waals surface area contributed by atoms with Gasteiger partial charge >= 0.3 is 6.18 Å². The first-order valence-electron chi connectivity index (χ1n) is 7.19. The molecule has 0 saturated heterocycles. The molecule has 24 heavy (non-hydrogen) atoms. The summed E-state index contributed by atoms with van der Waals surface area (Å²) in [7, 11) is 0. The Morgan fingerprint density at radius 2 is 1.92 bits per heavy atom. The summed E-state index contributed by atoms with van der Waals surface area (Å²) in [5.74, 6) is 0. The molecule has 0 spiro atoms. The van der Waals surface area contributed by atoms with Crippen LogP contribution in [0.2, 0.25) is 0 Å². The molecule has 0 radical (unpaired) electrons. The van der Waals surface area contributed by atoms with Gasteiger partial charge in [0.15, 0.2) is 0 Å². The number of alkyl halides is 3. The van der Waals surface area contributed by atoms with Crippen LogP contribution in [-0.2, 0) is 6.18 Å². The van der Waals surface area contributed by atoms with Crippen LogP contribution in [0.4, 0.5) is 18.9 Å². The number of rotatable bonds is 2. The van der Waals surface area contributed by atoms with Crippen LogP contribution in [0.25, 0.3) is 10.1 Å². The average Bonchev–Trinajstić information content (AvgIpc) is 2.98. The predicted molar refractivity (Wildman–Crippen MR) is 90.2 cm³/mol. The van der Waals surface area contributed by atoms with Crippen molar-refractivity contribution in [1.29, 1.82) is 0 Å². The van der Waals surface area contributed by atoms with Crippen LogP contribution >= 0.6 is 11.3 Å². The van der Waals surface area contributed by atoms with Crippen molar-refractivity contribution < 1.29 is 13.2 Å². The maximum atomic E-state index is 12.9. The number of aliphatic imine (C=N–C) groups is 1. The smallest absolute Gasteiger partial charge is 0.259 e. The van der Waals surface area contributed by atoms with E-state index in [1.165, 1.54) is 0 Å². The van der Waals surface area contributed by atoms with Gasteiger partial charge in [0.05, 0.1) is 33.1 Å². The Hall–Kier alpha value is -2.28. The molecular weight excluding hydrogens is 335 g/mol. The molecule has 7 heteroatoms. The molecule has 3 aromatic rings. The number of aryl methyl sites for hydroxylation is 2. The molecule has 0 aromatic carbocycles. The van der Waals surface area contributed by atoms with Crippen LogP contribution in [0.5, 0.6) is 0 Å². The average molecular weight is 349 g/mol. The minimum absolute atomic E-state index is 0.203. The third kappa shape index (κ3) is 3.03. The van der Waals surface area contributed by atoms with Crippen molar-refractivity contribution in [2.24, 2.45) is 4.99 Å². The van der Waals surface area contributed by atoms with Crippen molar-refractivity contribution in [1.82, 2.24) is 9.97 Å². The summed E-state index contributed by atoms with van der Waals surface area (Å²) in [6, 6.07) is 3.02. The summed E-state index contributed by atoms with van der Waals surface area (Å²) in [5, 5.41) is 3.06. The molecule has 0 fully saturated rings. The van der Waals surface area contributed by atoms with E-state index in [9.17, 15) is 13.2 Å². The zero-order valence-corrected chi connectivity index (χ0v) is 14.1. The van der Waals surface area contributed by atoms with Crippen LogP contribution in [-0.4, -0.2) is 15.7 Å². The van der Waals surface area contributed by atoms with Crippen molar-refractivity contribution in [2.45, 2.75) is 26.9 Å². The summed E-state index contributed by atoms with van der Waals surface area (Å²) in [6.45, 7) is 5.31. The van der Waals surface area contributed by atoms with E-state index in [1.54, 1.807) is 31.4 Å². The van der Waals surface area contributed by atoms with E-state index < -0.39 is 11.7 Å². The Balaban J connectivity index is 2.08. The minimum Gasteiger partial charge on any atom is -0.259 e. The van der Waals surface area contributed by atoms with Gasteiger partial charge in [-0.15, -0.1) is 11.3 Å². The molecule has 3 heterocycles. The first kappa shape index (κ1) is 16.6. The third-order valence-electron chi connectivity index (χ3n) is 3.78. The number of hydrogen-bond donors (Lipinski definition) is 0. The summed E-state index contributed by atoms with van der Waals surface area (Å²) < 4.78 is 39.7. The van der Waals surface area contributed by atoms with Gasteiger partial charge in [-0.2, -0.15) is 13.2 Å². The Morgan fingerprint density at radius 1 is 1.17 bits per heavy atom. The number of aromatic nitrogens is 2. The second-order valence-corrected chi connectivity index (χ2v) is 6.40. The van der Waals surface area contributed by atoms with Crippen molar-refractivity contribution in [2.75, 3.05) is 0 Å². The maximum Gasteiger partial charge on any atom is 0.417 e. The highest BCUT2D eigenvalue weighted by molar-refractivity contribution is 7.17. The highest BCUT2D eigenvalue weighted by Crippen LogP contribution is 2.32. The standard InChI is InChI=1S/C17H14F3N3S/c1-9-13-4-5-24-15(13)8-22-16(9)11(3)23-14-6-12(17(18,19)20)7-21-10(14)2/h4-8H,1-3H3. The van der Waals surface area contributed by atoms with E-state index in [1.807, 2.05) is 18.4 Å². The van der Waals surface area contributed by atoms with Gasteiger partial charge in [0, 0.05) is 12.4 Å². The van der Waals surface area contributed by atoms with Crippen LogP contribution in [0.3, 0.4) is 0 Å². The molecular formula is C17H14F3N3S. The van der Waals surface area contributed by atoms with Crippen molar-refractivity contribution in [3.63, 3.8) is 0 Å². The second kappa shape index (κ2) is 5.98. The fourth-order valence-electron chi connectivity index (χ4n) is 2.47. The predicted octanol–water partition coefficient (Wildman–Crippen LogP) is 5.47. The lowest BCUT2D eigenvalue weighted by molar-refractivity contribution is -0.137. The monoisotopic (exact) mass is 349 g/mol. The molecule has 0 amide bonds. The van der Waals surface area contributed by atoms with Crippen molar-refractivity contribution in [3.05, 3.63) is 52.4 Å². The molecule has 0 aliphatic carbocycles. The number of hydrogen-bond acceptors (Lipinski definition) is 4. The summed E-state index contributed by atoms with van der Waals surface area (Å²) in [6.07, 6.45) is -1.86. The highest BCUT2D eigenvalue weighted by atomic mass is 32.1. The fraction of sp³-hybridized carbons (Fsp3) is 0.235. The Morgan fingerprint density at radius 3 is 2.62 bits per heavy atom. The molecule has 0 bridgehead atoms. The van der Waals surface area contributed by atoms with E-state index in [0.29, 0.717) is 17.1 Å². The number of pyridine rings is 2. The van der Waals surface area contributed by atoms with Crippen LogP contribution in [0.1, 0.15) is 29.4 Å². The molecule has 0 aliphatic heterocycles. The van der Waals surface area contributed by atoms with Gasteiger partial charge in [-0.3, -0.25) is 9.97 Å². The van der Waals surface area contributed by atoms with E-state index in [-0.39, 0.29) is 5.69 Å². The molecule has 0 aliphatic rings. The molecule has 0 atom stereocenters. The topological polar surface area (TPSA) is 38.1 Å². The zero-order chi connectivity index (χ0) is 17.5. The zero-order valence-electron chi connectivity index (χ0n) is 13.3. The maximum absolute atomic E-state index is 12.9. The third-order valence-corrected chi connectivity index (χ3v) is 4.64. The van der Waals surface area contributed by atoms with Crippen LogP contribution < -0.4 is 0 Å². The van der Waals surface area contributed by atoms with Crippen molar-refractivity contribution >= 4 is 32.8 Å². The SMILES string of the molecule is CC(=Nc1cc(C(F)(F)F)cnc1C)c1ncc2sccc2c1C. The molecule has 3 nitrogen and oxygen atoms in total. The van der Waals surface area contributed by atoms with Gasteiger partial charge in [-0.05, 0) is 49.2 Å². The van der Waals surface area contributed by atoms with Gasteiger partial charge in [0.25, 0.3) is 0 Å². The fourth-order valence-corrected chi connectivity index (χ4v) is 3.28. The van der Waals surface area contributed by atoms with E-state index in [2.05, 4.69) is 15.0 Å². The van der Waals surface area contributed by atoms with E-state index >= 15 is 0 Å². The summed E-state index contributed by atoms with van der Waals surface area (Å²) >= 11 is 1.60. The highest BCUT2D eigenvalue weighted by Gasteiger charge is 2.31. The van der Waals surface area contributed by atoms with Gasteiger partial charge in [0.1, 0.15) is 0 Å². The molecule has 0 N–H and O–H groups in total. The lowest BCUT2D eigenvalue weighted by Gasteiger charge is -2.10. The minimum atomic E-state index is -4.44. The van der Waals surface area contributed by atoms with Gasteiger partial charge in [-0.1, -0.05) is 0 Å². The number of halogens is 3. The molecule has 3 rings (SSSR count). The van der Waals surface area contributed by atoms with E-state index in [4.69, 9.17) is 0 Å². The normalized spacial score (nSPS) is 12.8. The second-order valence-electron chi connectivity index (χ2n) is 5.45. The summed E-state index contributed by atoms with van der Waals surface area (Å²) in [5.41, 5.74) is 2.04. The first-order valence-corrected chi connectivity index (χ1v) is 8.07. The quantitative estimate of drug-likeness (QED) is 0.576. The first-order chi connectivity index (χ1) is 11.3. The van der Waals surface area contributed by atoms with E-state index in [0.717, 1.165) is 27.9 Å². The van der Waals surface area contributed by atoms with Crippen LogP contribution in [0.15, 0.2) is 34.9 Å². The van der Waals surface area contributed by atoms with Crippen LogP contribution in [0, 0.1) is 13.8 Å². The van der Waals surface area contributed by atoms with Gasteiger partial charge < -0.3 is 0 Å². The molecule has 0 unspecified atom stereocenters. The van der Waals surface area contributed by atoms with Gasteiger partial charge in [-0.25, -0.2) is 4.99 Å². The molecule has 124 valence electrons. The Labute approximate surface area is 140 Å². The lowest BCUT2D eigenvalue weighted by atomic mass is 10.1. The Kier molecular flexibility index (Phi) is 4.13.